The fourth-order valence-electron chi connectivity index (χ4n) is 3.88. The van der Waals surface area contributed by atoms with Crippen molar-refractivity contribution in [3.63, 3.8) is 0 Å². The summed E-state index contributed by atoms with van der Waals surface area (Å²) in [6.45, 7) is 2.32. The summed E-state index contributed by atoms with van der Waals surface area (Å²) < 4.78 is 63.7. The van der Waals surface area contributed by atoms with Crippen molar-refractivity contribution in [2.75, 3.05) is 13.2 Å². The first-order chi connectivity index (χ1) is 19.8. The van der Waals surface area contributed by atoms with Gasteiger partial charge < -0.3 is 49.3 Å². The van der Waals surface area contributed by atoms with Crippen molar-refractivity contribution >= 4 is 35.4 Å². The summed E-state index contributed by atoms with van der Waals surface area (Å²) >= 11 is 0. The fourth-order valence-corrected chi connectivity index (χ4v) is 5.98. The van der Waals surface area contributed by atoms with E-state index in [4.69, 9.17) is 38.1 Å². The molecule has 0 spiro atoms. The monoisotopic (exact) mass is 690 g/mol. The second-order valence-electron chi connectivity index (χ2n) is 9.64. The van der Waals surface area contributed by atoms with Crippen LogP contribution in [0.4, 0.5) is 0 Å². The van der Waals surface area contributed by atoms with Crippen LogP contribution in [0.2, 0.25) is 0 Å². The molecule has 0 aromatic heterocycles. The van der Waals surface area contributed by atoms with Gasteiger partial charge in [-0.05, 0) is 12.8 Å². The van der Waals surface area contributed by atoms with Crippen LogP contribution in [0.25, 0.3) is 0 Å². The van der Waals surface area contributed by atoms with Crippen molar-refractivity contribution in [2.45, 2.75) is 108 Å². The third-order valence-electron chi connectivity index (χ3n) is 5.91. The molecule has 1 aliphatic carbocycles. The van der Waals surface area contributed by atoms with Gasteiger partial charge in [-0.2, -0.15) is 0 Å². The van der Waals surface area contributed by atoms with E-state index in [1.807, 2.05) is 13.8 Å². The van der Waals surface area contributed by atoms with Crippen LogP contribution in [0.3, 0.4) is 0 Å². The maximum atomic E-state index is 12.7. The minimum Gasteiger partial charge on any atom is -0.462 e. The van der Waals surface area contributed by atoms with Gasteiger partial charge in [-0.1, -0.05) is 39.5 Å². The smallest absolute Gasteiger partial charge is 0.462 e. The van der Waals surface area contributed by atoms with Crippen LogP contribution in [-0.4, -0.2) is 108 Å². The van der Waals surface area contributed by atoms with Gasteiger partial charge in [-0.3, -0.25) is 27.7 Å². The number of hydrogen-bond acceptors (Lipinski definition) is 14. The second-order valence-corrected chi connectivity index (χ2v) is 13.4. The van der Waals surface area contributed by atoms with E-state index in [9.17, 15) is 43.5 Å². The van der Waals surface area contributed by atoms with E-state index in [1.165, 1.54) is 0 Å². The van der Waals surface area contributed by atoms with Crippen LogP contribution >= 0.6 is 23.5 Å². The molecule has 0 aliphatic heterocycles. The molecule has 1 saturated carbocycles. The molecule has 19 nitrogen and oxygen atoms in total. The third-order valence-corrected chi connectivity index (χ3v) is 7.93. The molecule has 3 unspecified atom stereocenters. The number of esters is 2. The third kappa shape index (κ3) is 15.8. The number of phosphoric ester groups is 3. The summed E-state index contributed by atoms with van der Waals surface area (Å²) in [6, 6.07) is 0. The largest absolute Gasteiger partial charge is 0.472 e. The Morgan fingerprint density at radius 1 is 0.651 bits per heavy atom. The van der Waals surface area contributed by atoms with Crippen LogP contribution in [0.15, 0.2) is 0 Å². The number of hydrogen-bond donors (Lipinski definition) is 8. The normalized spacial score (nSPS) is 26.8. The average molecular weight is 690 g/mol. The van der Waals surface area contributed by atoms with Crippen LogP contribution in [0.5, 0.6) is 0 Å². The quantitative estimate of drug-likeness (QED) is 0.0479. The molecule has 0 aromatic carbocycles. The number of rotatable bonds is 20. The Balaban J connectivity index is 3.06. The Kier molecular flexibility index (Phi) is 17.1. The molecule has 0 bridgehead atoms. The zero-order valence-corrected chi connectivity index (χ0v) is 26.2. The van der Waals surface area contributed by atoms with Gasteiger partial charge in [0.15, 0.2) is 6.10 Å². The number of aliphatic hydroxyl groups is 3. The van der Waals surface area contributed by atoms with Crippen LogP contribution < -0.4 is 0 Å². The van der Waals surface area contributed by atoms with E-state index in [2.05, 4.69) is 9.05 Å². The summed E-state index contributed by atoms with van der Waals surface area (Å²) in [5.41, 5.74) is 0. The molecule has 0 amide bonds. The number of carbonyl (C=O) groups excluding carboxylic acids is 2. The maximum absolute atomic E-state index is 12.7. The predicted molar refractivity (Wildman–Crippen MR) is 142 cm³/mol. The van der Waals surface area contributed by atoms with Gasteiger partial charge in [0.05, 0.1) is 6.61 Å². The van der Waals surface area contributed by atoms with Crippen molar-refractivity contribution in [3.8, 4) is 0 Å². The Morgan fingerprint density at radius 3 is 1.49 bits per heavy atom. The van der Waals surface area contributed by atoms with E-state index >= 15 is 0 Å². The lowest BCUT2D eigenvalue weighted by Crippen LogP contribution is -2.65. The lowest BCUT2D eigenvalue weighted by atomic mass is 9.85. The molecule has 1 fully saturated rings. The first kappa shape index (κ1) is 40.2. The Morgan fingerprint density at radius 2 is 1.07 bits per heavy atom. The molecule has 22 heteroatoms. The van der Waals surface area contributed by atoms with E-state index in [-0.39, 0.29) is 12.8 Å². The zero-order valence-electron chi connectivity index (χ0n) is 23.5. The molecular formula is C21H41O19P3. The molecule has 254 valence electrons. The molecule has 0 aromatic rings. The van der Waals surface area contributed by atoms with Crippen LogP contribution in [0, 0.1) is 0 Å². The van der Waals surface area contributed by atoms with E-state index in [1.54, 1.807) is 0 Å². The maximum Gasteiger partial charge on any atom is 0.472 e. The van der Waals surface area contributed by atoms with E-state index < -0.39 is 91.3 Å². The number of unbranched alkanes of at least 4 members (excludes halogenated alkanes) is 4. The minimum atomic E-state index is -5.52. The predicted octanol–water partition coefficient (Wildman–Crippen LogP) is 0.156. The summed E-state index contributed by atoms with van der Waals surface area (Å²) in [6.07, 6.45) is -12.2. The molecule has 0 radical (unpaired) electrons. The van der Waals surface area contributed by atoms with Crippen molar-refractivity contribution in [2.24, 2.45) is 0 Å². The van der Waals surface area contributed by atoms with Crippen molar-refractivity contribution in [1.82, 2.24) is 0 Å². The van der Waals surface area contributed by atoms with Crippen molar-refractivity contribution in [3.05, 3.63) is 0 Å². The van der Waals surface area contributed by atoms with Gasteiger partial charge in [0, 0.05) is 12.8 Å². The highest BCUT2D eigenvalue weighted by Crippen LogP contribution is 2.50. The standard InChI is InChI=1S/C21H41O19P3/c1-3-5-7-9-14(22)35-11-13(37-15(23)10-8-6-4-2)12-36-43(33,34)40-21-17(25)19(38-41(27,28)29)16(24)20(18(21)26)39-42(30,31)32/h13,16-21,24-26H,3-12H2,1-2H3,(H,33,34)(H2,27,28,29)(H2,30,31,32)/t13-,16?,17-,18-,19-,20+,21?/m1/s1. The SMILES string of the molecule is CCCCCC(=O)OC[C@H](COP(=O)(O)OC1[C@H](O)[C@H](OP(=O)(O)O)C(O)[C@H](OP(=O)(O)O)[C@H]1O)OC(=O)CCCCC. The van der Waals surface area contributed by atoms with Crippen LogP contribution in [0.1, 0.15) is 65.2 Å². The van der Waals surface area contributed by atoms with E-state index in [0.29, 0.717) is 19.3 Å². The topological polar surface area (TPSA) is 303 Å². The Bertz CT molecular complexity index is 976. The average Bonchev–Trinajstić information content (AvgIpc) is 2.88. The van der Waals surface area contributed by atoms with Gasteiger partial charge in [0.2, 0.25) is 0 Å². The number of carbonyl (C=O) groups is 2. The summed E-state index contributed by atoms with van der Waals surface area (Å²) in [5.74, 6) is -1.37. The number of phosphoric acid groups is 3. The highest BCUT2D eigenvalue weighted by molar-refractivity contribution is 7.47. The summed E-state index contributed by atoms with van der Waals surface area (Å²) in [4.78, 5) is 70.9. The molecule has 8 atom stereocenters. The second kappa shape index (κ2) is 18.3. The van der Waals surface area contributed by atoms with Gasteiger partial charge in [-0.15, -0.1) is 0 Å². The molecule has 0 saturated heterocycles. The van der Waals surface area contributed by atoms with Gasteiger partial charge in [0.1, 0.15) is 43.2 Å². The minimum absolute atomic E-state index is 0.0211. The first-order valence-corrected chi connectivity index (χ1v) is 17.9. The van der Waals surface area contributed by atoms with Gasteiger partial charge >= 0.3 is 35.4 Å². The summed E-state index contributed by atoms with van der Waals surface area (Å²) in [5, 5.41) is 31.2. The molecular weight excluding hydrogens is 649 g/mol. The molecule has 1 rings (SSSR count). The van der Waals surface area contributed by atoms with Gasteiger partial charge in [-0.25, -0.2) is 13.7 Å². The first-order valence-electron chi connectivity index (χ1n) is 13.3. The fraction of sp³-hybridized carbons (Fsp3) is 0.905. The number of aliphatic hydroxyl groups excluding tert-OH is 3. The van der Waals surface area contributed by atoms with E-state index in [0.717, 1.165) is 19.3 Å². The number of ether oxygens (including phenoxy) is 2. The van der Waals surface area contributed by atoms with Crippen LogP contribution in [-0.2, 0) is 50.9 Å². The van der Waals surface area contributed by atoms with Gasteiger partial charge in [0.25, 0.3) is 0 Å². The zero-order chi connectivity index (χ0) is 33.0. The Labute approximate surface area is 247 Å². The lowest BCUT2D eigenvalue weighted by molar-refractivity contribution is -0.213. The highest BCUT2D eigenvalue weighted by Gasteiger charge is 2.56. The molecule has 0 heterocycles. The van der Waals surface area contributed by atoms with Crippen molar-refractivity contribution < 1.29 is 90.6 Å². The molecule has 43 heavy (non-hydrogen) atoms. The molecule has 1 aliphatic rings. The molecule has 8 N–H and O–H groups in total. The summed E-state index contributed by atoms with van der Waals surface area (Å²) in [7, 11) is -16.5. The van der Waals surface area contributed by atoms with Crippen molar-refractivity contribution in [1.29, 1.82) is 0 Å². The Hall–Kier alpha value is -0.850. The highest BCUT2D eigenvalue weighted by atomic mass is 31.2. The lowest BCUT2D eigenvalue weighted by Gasteiger charge is -2.44.